The summed E-state index contributed by atoms with van der Waals surface area (Å²) in [4.78, 5) is 0. The summed E-state index contributed by atoms with van der Waals surface area (Å²) >= 11 is 0. The van der Waals surface area contributed by atoms with Crippen LogP contribution in [0.3, 0.4) is 0 Å². The summed E-state index contributed by atoms with van der Waals surface area (Å²) in [5.74, 6) is 0. The Bertz CT molecular complexity index is 220. The van der Waals surface area contributed by atoms with Gasteiger partial charge in [0.1, 0.15) is 0 Å². The van der Waals surface area contributed by atoms with Gasteiger partial charge in [0.25, 0.3) is 0 Å². The topological polar surface area (TPSA) is 27.5 Å². The summed E-state index contributed by atoms with van der Waals surface area (Å²) in [6, 6.07) is 0. The largest absolute Gasteiger partial charge is 0.634 e. The molecule has 0 fully saturated rings. The fourth-order valence-electron chi connectivity index (χ4n) is 3.39. The lowest BCUT2D eigenvalue weighted by Gasteiger charge is -2.22. The van der Waals surface area contributed by atoms with E-state index >= 15 is 0 Å². The first-order chi connectivity index (χ1) is 11.8. The Hall–Kier alpha value is -0.0800. The van der Waals surface area contributed by atoms with E-state index in [1.165, 1.54) is 103 Å². The molecule has 2 heteroatoms. The van der Waals surface area contributed by atoms with Gasteiger partial charge in [-0.1, -0.05) is 104 Å². The molecule has 0 bridgehead atoms. The maximum absolute atomic E-state index is 11.9. The third kappa shape index (κ3) is 20.0. The van der Waals surface area contributed by atoms with Gasteiger partial charge in [-0.05, 0) is 25.7 Å². The zero-order chi connectivity index (χ0) is 17.7. The zero-order valence-electron chi connectivity index (χ0n) is 17.1. The molecule has 1 N–H and O–H groups in total. The summed E-state index contributed by atoms with van der Waals surface area (Å²) in [6.45, 7) is 6.22. The number of nitrogens with one attached hydrogen (secondary N) is 1. The van der Waals surface area contributed by atoms with Gasteiger partial charge in [0, 0.05) is 0 Å². The highest BCUT2D eigenvalue weighted by Gasteiger charge is 1.99. The monoisotopic (exact) mass is 341 g/mol. The molecular weight excluding hydrogens is 294 g/mol. The molecule has 0 spiro atoms. The van der Waals surface area contributed by atoms with E-state index in [-0.39, 0.29) is 0 Å². The quantitative estimate of drug-likeness (QED) is 0.200. The molecule has 0 radical (unpaired) electrons. The standard InChI is InChI=1S/C22H47NO/c1-3-5-7-9-11-13-14-16-18-20-22-23(24)21-19-17-15-12-10-8-6-4-2/h23H,3-22H2,1-2H3. The van der Waals surface area contributed by atoms with Gasteiger partial charge in [0.2, 0.25) is 0 Å². The van der Waals surface area contributed by atoms with Crippen LogP contribution in [-0.2, 0) is 0 Å². The molecule has 1 atom stereocenters. The number of hydrogen-bond donors (Lipinski definition) is 1. The number of quaternary nitrogens is 1. The molecular formula is C22H47NO. The minimum Gasteiger partial charge on any atom is -0.634 e. The minimum atomic E-state index is 0.514. The van der Waals surface area contributed by atoms with Crippen LogP contribution in [0.2, 0.25) is 0 Å². The maximum atomic E-state index is 11.9. The second-order valence-corrected chi connectivity index (χ2v) is 7.70. The average molecular weight is 342 g/mol. The molecule has 0 aromatic rings. The van der Waals surface area contributed by atoms with Crippen molar-refractivity contribution in [3.8, 4) is 0 Å². The van der Waals surface area contributed by atoms with Crippen molar-refractivity contribution in [3.05, 3.63) is 5.21 Å². The molecule has 0 aliphatic carbocycles. The number of rotatable bonds is 20. The fraction of sp³-hybridized carbons (Fsp3) is 1.00. The summed E-state index contributed by atoms with van der Waals surface area (Å²) in [5, 5.41) is 12.4. The molecule has 1 unspecified atom stereocenters. The molecule has 0 heterocycles. The van der Waals surface area contributed by atoms with Crippen molar-refractivity contribution >= 4 is 0 Å². The highest BCUT2D eigenvalue weighted by molar-refractivity contribution is 4.48. The van der Waals surface area contributed by atoms with E-state index in [2.05, 4.69) is 13.8 Å². The summed E-state index contributed by atoms with van der Waals surface area (Å²) in [7, 11) is 0. The predicted octanol–water partition coefficient (Wildman–Crippen LogP) is 6.43. The van der Waals surface area contributed by atoms with Crippen molar-refractivity contribution in [1.82, 2.24) is 0 Å². The van der Waals surface area contributed by atoms with Crippen LogP contribution in [0.1, 0.15) is 129 Å². The minimum absolute atomic E-state index is 0.514. The van der Waals surface area contributed by atoms with Gasteiger partial charge in [0.15, 0.2) is 0 Å². The van der Waals surface area contributed by atoms with E-state index in [9.17, 15) is 5.21 Å². The van der Waals surface area contributed by atoms with Gasteiger partial charge < -0.3 is 10.3 Å². The zero-order valence-corrected chi connectivity index (χ0v) is 17.1. The average Bonchev–Trinajstić information content (AvgIpc) is 2.59. The van der Waals surface area contributed by atoms with Gasteiger partial charge in [-0.2, -0.15) is 0 Å². The molecule has 0 aromatic heterocycles. The molecule has 0 aromatic carbocycles. The van der Waals surface area contributed by atoms with E-state index in [1.54, 1.807) is 0 Å². The van der Waals surface area contributed by atoms with Gasteiger partial charge in [-0.3, -0.25) is 0 Å². The Kier molecular flexibility index (Phi) is 20.9. The number of hydrogen-bond acceptors (Lipinski definition) is 1. The smallest absolute Gasteiger partial charge is 0.0768 e. The van der Waals surface area contributed by atoms with E-state index in [0.29, 0.717) is 5.06 Å². The molecule has 2 nitrogen and oxygen atoms in total. The Labute approximate surface area is 153 Å². The van der Waals surface area contributed by atoms with Gasteiger partial charge in [-0.25, -0.2) is 0 Å². The highest BCUT2D eigenvalue weighted by Crippen LogP contribution is 2.10. The lowest BCUT2D eigenvalue weighted by atomic mass is 10.1. The number of hydroxylamine groups is 2. The van der Waals surface area contributed by atoms with Crippen molar-refractivity contribution in [2.45, 2.75) is 129 Å². The molecule has 146 valence electrons. The SMILES string of the molecule is CCCCCCCCCCCC[NH+]([O-])CCCCCCCCCC. The fourth-order valence-corrected chi connectivity index (χ4v) is 3.39. The van der Waals surface area contributed by atoms with Gasteiger partial charge in [0.05, 0.1) is 13.1 Å². The Morgan fingerprint density at radius 2 is 0.667 bits per heavy atom. The first kappa shape index (κ1) is 23.9. The van der Waals surface area contributed by atoms with Crippen LogP contribution in [0.25, 0.3) is 0 Å². The third-order valence-corrected chi connectivity index (χ3v) is 5.12. The van der Waals surface area contributed by atoms with E-state index in [0.717, 1.165) is 25.9 Å². The second kappa shape index (κ2) is 21.0. The summed E-state index contributed by atoms with van der Waals surface area (Å²) in [6.07, 6.45) is 24.1. The summed E-state index contributed by atoms with van der Waals surface area (Å²) in [5.41, 5.74) is 0. The van der Waals surface area contributed by atoms with Crippen LogP contribution in [0.15, 0.2) is 0 Å². The van der Waals surface area contributed by atoms with Crippen molar-refractivity contribution in [2.24, 2.45) is 0 Å². The van der Waals surface area contributed by atoms with Crippen LogP contribution in [0.4, 0.5) is 0 Å². The molecule has 24 heavy (non-hydrogen) atoms. The van der Waals surface area contributed by atoms with Crippen molar-refractivity contribution in [2.75, 3.05) is 13.1 Å². The van der Waals surface area contributed by atoms with E-state index in [4.69, 9.17) is 0 Å². The molecule has 0 aliphatic rings. The Balaban J connectivity index is 3.11. The molecule has 0 aliphatic heterocycles. The lowest BCUT2D eigenvalue weighted by molar-refractivity contribution is -0.848. The van der Waals surface area contributed by atoms with Crippen LogP contribution in [-0.4, -0.2) is 13.1 Å². The first-order valence-electron chi connectivity index (χ1n) is 11.3. The summed E-state index contributed by atoms with van der Waals surface area (Å²) < 4.78 is 0. The number of unbranched alkanes of at least 4 members (excludes halogenated alkanes) is 16. The van der Waals surface area contributed by atoms with Crippen LogP contribution in [0.5, 0.6) is 0 Å². The van der Waals surface area contributed by atoms with Crippen molar-refractivity contribution in [3.63, 3.8) is 0 Å². The van der Waals surface area contributed by atoms with Crippen molar-refractivity contribution < 1.29 is 5.06 Å². The normalized spacial score (nSPS) is 12.6. The second-order valence-electron chi connectivity index (χ2n) is 7.70. The predicted molar refractivity (Wildman–Crippen MR) is 109 cm³/mol. The van der Waals surface area contributed by atoms with Crippen molar-refractivity contribution in [1.29, 1.82) is 0 Å². The van der Waals surface area contributed by atoms with E-state index in [1.807, 2.05) is 0 Å². The van der Waals surface area contributed by atoms with Crippen LogP contribution < -0.4 is 5.06 Å². The molecule has 0 saturated carbocycles. The maximum Gasteiger partial charge on any atom is 0.0768 e. The van der Waals surface area contributed by atoms with Crippen LogP contribution >= 0.6 is 0 Å². The first-order valence-corrected chi connectivity index (χ1v) is 11.3. The Morgan fingerprint density at radius 3 is 0.958 bits per heavy atom. The van der Waals surface area contributed by atoms with Crippen LogP contribution in [0, 0.1) is 5.21 Å². The third-order valence-electron chi connectivity index (χ3n) is 5.12. The highest BCUT2D eigenvalue weighted by atomic mass is 16.5. The molecule has 0 saturated heterocycles. The van der Waals surface area contributed by atoms with Gasteiger partial charge in [-0.15, -0.1) is 0 Å². The molecule has 0 rings (SSSR count). The Morgan fingerprint density at radius 1 is 0.417 bits per heavy atom. The van der Waals surface area contributed by atoms with E-state index < -0.39 is 0 Å². The lowest BCUT2D eigenvalue weighted by Crippen LogP contribution is -3.07. The van der Waals surface area contributed by atoms with Gasteiger partial charge >= 0.3 is 0 Å². The molecule has 0 amide bonds.